The van der Waals surface area contributed by atoms with Crippen molar-refractivity contribution in [3.05, 3.63) is 53.1 Å². The molecule has 0 bridgehead atoms. The molecule has 20 heavy (non-hydrogen) atoms. The summed E-state index contributed by atoms with van der Waals surface area (Å²) in [5, 5.41) is 0. The molecule has 2 rings (SSSR count). The third-order valence-electron chi connectivity index (χ3n) is 3.09. The number of hydrogen-bond acceptors (Lipinski definition) is 2. The van der Waals surface area contributed by atoms with Crippen LogP contribution in [0.1, 0.15) is 16.7 Å². The molecule has 1 unspecified atom stereocenters. The third kappa shape index (κ3) is 3.20. The van der Waals surface area contributed by atoms with E-state index >= 15 is 0 Å². The Morgan fingerprint density at radius 3 is 2.05 bits per heavy atom. The SMILES string of the molecule is COc1ccc(NS(=O)c2c(C)cc(C)cc2C)cc1. The van der Waals surface area contributed by atoms with Crippen molar-refractivity contribution in [3.63, 3.8) is 0 Å². The van der Waals surface area contributed by atoms with Crippen LogP contribution >= 0.6 is 0 Å². The van der Waals surface area contributed by atoms with Gasteiger partial charge in [0.15, 0.2) is 11.0 Å². The summed E-state index contributed by atoms with van der Waals surface area (Å²) in [5.41, 5.74) is 4.08. The molecule has 0 aliphatic rings. The highest BCUT2D eigenvalue weighted by Gasteiger charge is 2.11. The first-order valence-electron chi connectivity index (χ1n) is 6.41. The average molecular weight is 289 g/mol. The van der Waals surface area contributed by atoms with Gasteiger partial charge in [-0.3, -0.25) is 0 Å². The molecule has 1 atom stereocenters. The van der Waals surface area contributed by atoms with Crippen molar-refractivity contribution in [2.45, 2.75) is 25.7 Å². The lowest BCUT2D eigenvalue weighted by Crippen LogP contribution is -2.08. The molecule has 0 saturated carbocycles. The highest BCUT2D eigenvalue weighted by atomic mass is 32.2. The van der Waals surface area contributed by atoms with E-state index in [-0.39, 0.29) is 0 Å². The molecule has 1 N–H and O–H groups in total. The number of methoxy groups -OCH3 is 1. The van der Waals surface area contributed by atoms with E-state index in [1.165, 1.54) is 5.56 Å². The molecule has 0 aliphatic heterocycles. The van der Waals surface area contributed by atoms with Gasteiger partial charge in [-0.15, -0.1) is 0 Å². The summed E-state index contributed by atoms with van der Waals surface area (Å²) in [6.07, 6.45) is 0. The van der Waals surface area contributed by atoms with E-state index in [1.54, 1.807) is 7.11 Å². The third-order valence-corrected chi connectivity index (χ3v) is 4.53. The Morgan fingerprint density at radius 1 is 1.00 bits per heavy atom. The Bertz CT molecular complexity index is 612. The Labute approximate surface area is 122 Å². The first-order chi connectivity index (χ1) is 9.51. The summed E-state index contributed by atoms with van der Waals surface area (Å²) in [6, 6.07) is 11.5. The molecule has 0 radical (unpaired) electrons. The topological polar surface area (TPSA) is 38.3 Å². The molecule has 2 aromatic rings. The predicted octanol–water partition coefficient (Wildman–Crippen LogP) is 3.76. The number of rotatable bonds is 4. The van der Waals surface area contributed by atoms with Gasteiger partial charge in [0.05, 0.1) is 12.0 Å². The maximum absolute atomic E-state index is 12.5. The van der Waals surface area contributed by atoms with Crippen molar-refractivity contribution in [2.75, 3.05) is 11.8 Å². The summed E-state index contributed by atoms with van der Waals surface area (Å²) in [7, 11) is 0.359. The second-order valence-corrected chi connectivity index (χ2v) is 5.98. The van der Waals surface area contributed by atoms with E-state index in [2.05, 4.69) is 16.9 Å². The van der Waals surface area contributed by atoms with Gasteiger partial charge >= 0.3 is 0 Å². The fourth-order valence-corrected chi connectivity index (χ4v) is 3.43. The second kappa shape index (κ2) is 6.09. The quantitative estimate of drug-likeness (QED) is 0.930. The average Bonchev–Trinajstić information content (AvgIpc) is 2.38. The first-order valence-corrected chi connectivity index (χ1v) is 7.56. The molecule has 0 spiro atoms. The molecule has 0 aliphatic carbocycles. The number of benzene rings is 2. The van der Waals surface area contributed by atoms with E-state index in [9.17, 15) is 4.21 Å². The normalized spacial score (nSPS) is 12.0. The van der Waals surface area contributed by atoms with Gasteiger partial charge in [0.2, 0.25) is 0 Å². The Morgan fingerprint density at radius 2 is 1.55 bits per heavy atom. The van der Waals surface area contributed by atoms with Crippen LogP contribution < -0.4 is 9.46 Å². The molecule has 0 aromatic heterocycles. The van der Waals surface area contributed by atoms with Gasteiger partial charge in [0, 0.05) is 5.69 Å². The lowest BCUT2D eigenvalue weighted by atomic mass is 10.1. The Hall–Kier alpha value is -1.81. The van der Waals surface area contributed by atoms with Gasteiger partial charge in [0.1, 0.15) is 5.75 Å². The number of ether oxygens (including phenoxy) is 1. The van der Waals surface area contributed by atoms with Gasteiger partial charge in [-0.05, 0) is 56.2 Å². The number of nitrogens with one attached hydrogen (secondary N) is 1. The number of anilines is 1. The van der Waals surface area contributed by atoms with Gasteiger partial charge in [-0.25, -0.2) is 4.21 Å². The van der Waals surface area contributed by atoms with Gasteiger partial charge in [0.25, 0.3) is 0 Å². The maximum Gasteiger partial charge on any atom is 0.150 e. The van der Waals surface area contributed by atoms with E-state index < -0.39 is 11.0 Å². The predicted molar refractivity (Wildman–Crippen MR) is 83.7 cm³/mol. The highest BCUT2D eigenvalue weighted by molar-refractivity contribution is 7.86. The first kappa shape index (κ1) is 14.6. The van der Waals surface area contributed by atoms with Crippen LogP contribution in [-0.4, -0.2) is 11.3 Å². The molecular weight excluding hydrogens is 270 g/mol. The standard InChI is InChI=1S/C16H19NO2S/c1-11-9-12(2)16(13(3)10-11)20(18)17-14-5-7-15(19-4)8-6-14/h5-10,17H,1-4H3. The molecule has 3 nitrogen and oxygen atoms in total. The lowest BCUT2D eigenvalue weighted by molar-refractivity contribution is 0.415. The monoisotopic (exact) mass is 289 g/mol. The van der Waals surface area contributed by atoms with Gasteiger partial charge in [-0.1, -0.05) is 17.7 Å². The highest BCUT2D eigenvalue weighted by Crippen LogP contribution is 2.22. The van der Waals surface area contributed by atoms with Crippen LogP contribution in [0.5, 0.6) is 5.75 Å². The second-order valence-electron chi connectivity index (χ2n) is 4.83. The van der Waals surface area contributed by atoms with E-state index in [0.29, 0.717) is 0 Å². The number of hydrogen-bond donors (Lipinski definition) is 1. The van der Waals surface area contributed by atoms with Crippen LogP contribution in [0.15, 0.2) is 41.3 Å². The molecule has 0 heterocycles. The fourth-order valence-electron chi connectivity index (χ4n) is 2.28. The van der Waals surface area contributed by atoms with E-state index in [0.717, 1.165) is 27.5 Å². The Balaban J connectivity index is 2.23. The summed E-state index contributed by atoms with van der Waals surface area (Å²) in [5.74, 6) is 0.782. The van der Waals surface area contributed by atoms with Crippen LogP contribution in [-0.2, 0) is 11.0 Å². The van der Waals surface area contributed by atoms with Crippen molar-refractivity contribution in [2.24, 2.45) is 0 Å². The van der Waals surface area contributed by atoms with Crippen LogP contribution in [0.25, 0.3) is 0 Å². The van der Waals surface area contributed by atoms with Crippen LogP contribution in [0.2, 0.25) is 0 Å². The number of aryl methyl sites for hydroxylation is 3. The minimum atomic E-state index is -1.27. The van der Waals surface area contributed by atoms with Crippen molar-refractivity contribution < 1.29 is 8.95 Å². The van der Waals surface area contributed by atoms with Crippen LogP contribution in [0, 0.1) is 20.8 Å². The summed E-state index contributed by atoms with van der Waals surface area (Å²) in [6.45, 7) is 6.02. The minimum absolute atomic E-state index is 0.782. The van der Waals surface area contributed by atoms with Crippen molar-refractivity contribution >= 4 is 16.7 Å². The van der Waals surface area contributed by atoms with E-state index in [1.807, 2.05) is 45.0 Å². The van der Waals surface area contributed by atoms with Crippen LogP contribution in [0.4, 0.5) is 5.69 Å². The molecule has 0 amide bonds. The summed E-state index contributed by atoms with van der Waals surface area (Å²) >= 11 is 0. The molecular formula is C16H19NO2S. The van der Waals surface area contributed by atoms with Crippen molar-refractivity contribution in [1.82, 2.24) is 0 Å². The maximum atomic E-state index is 12.5. The molecule has 106 valence electrons. The largest absolute Gasteiger partial charge is 0.497 e. The Kier molecular flexibility index (Phi) is 4.45. The fraction of sp³-hybridized carbons (Fsp3) is 0.250. The summed E-state index contributed by atoms with van der Waals surface area (Å²) in [4.78, 5) is 0.853. The summed E-state index contributed by atoms with van der Waals surface area (Å²) < 4.78 is 20.6. The zero-order valence-electron chi connectivity index (χ0n) is 12.2. The zero-order chi connectivity index (χ0) is 14.7. The van der Waals surface area contributed by atoms with Gasteiger partial charge < -0.3 is 9.46 Å². The van der Waals surface area contributed by atoms with E-state index in [4.69, 9.17) is 4.74 Å². The molecule has 2 aromatic carbocycles. The lowest BCUT2D eigenvalue weighted by Gasteiger charge is -2.12. The molecule has 4 heteroatoms. The van der Waals surface area contributed by atoms with Crippen molar-refractivity contribution in [1.29, 1.82) is 0 Å². The minimum Gasteiger partial charge on any atom is -0.497 e. The van der Waals surface area contributed by atoms with Gasteiger partial charge in [-0.2, -0.15) is 0 Å². The molecule has 0 saturated heterocycles. The smallest absolute Gasteiger partial charge is 0.150 e. The van der Waals surface area contributed by atoms with Crippen molar-refractivity contribution in [3.8, 4) is 5.75 Å². The zero-order valence-corrected chi connectivity index (χ0v) is 13.0. The van der Waals surface area contributed by atoms with Crippen LogP contribution in [0.3, 0.4) is 0 Å². The molecule has 0 fully saturated rings.